The van der Waals surface area contributed by atoms with Gasteiger partial charge in [0.15, 0.2) is 11.5 Å². The van der Waals surface area contributed by atoms with Crippen LogP contribution in [0.5, 0.6) is 11.5 Å². The number of nitro groups is 1. The van der Waals surface area contributed by atoms with Crippen molar-refractivity contribution < 1.29 is 14.4 Å². The van der Waals surface area contributed by atoms with Crippen LogP contribution in [0, 0.1) is 10.1 Å². The van der Waals surface area contributed by atoms with Gasteiger partial charge in [0.2, 0.25) is 0 Å². The number of hydrogen-bond acceptors (Lipinski definition) is 4. The van der Waals surface area contributed by atoms with Gasteiger partial charge in [0.25, 0.3) is 5.69 Å². The maximum absolute atomic E-state index is 11.1. The summed E-state index contributed by atoms with van der Waals surface area (Å²) in [5.74, 6) is 0.784. The molecule has 0 spiro atoms. The van der Waals surface area contributed by atoms with E-state index in [1.165, 1.54) is 20.3 Å². The molecule has 0 amide bonds. The van der Waals surface area contributed by atoms with Crippen molar-refractivity contribution in [3.63, 3.8) is 0 Å². The summed E-state index contributed by atoms with van der Waals surface area (Å²) in [5.41, 5.74) is 0.395. The fourth-order valence-electron chi connectivity index (χ4n) is 1.71. The third kappa shape index (κ3) is 2.00. The number of hydrogen-bond donors (Lipinski definition) is 0. The van der Waals surface area contributed by atoms with Crippen LogP contribution in [-0.4, -0.2) is 23.7 Å². The van der Waals surface area contributed by atoms with Gasteiger partial charge >= 0.3 is 0 Å². The molecule has 0 radical (unpaired) electrons. The van der Waals surface area contributed by atoms with Crippen LogP contribution < -0.4 is 9.47 Å². The average Bonchev–Trinajstić information content (AvgIpc) is 2.90. The molecule has 94 valence electrons. The van der Waals surface area contributed by atoms with Gasteiger partial charge in [0.05, 0.1) is 25.2 Å². The lowest BCUT2D eigenvalue weighted by atomic mass is 10.2. The lowest BCUT2D eigenvalue weighted by Gasteiger charge is -2.11. The minimum atomic E-state index is -0.447. The fourth-order valence-corrected chi connectivity index (χ4v) is 1.71. The quantitative estimate of drug-likeness (QED) is 0.615. The Labute approximate surface area is 104 Å². The van der Waals surface area contributed by atoms with E-state index in [1.54, 1.807) is 35.2 Å². The molecule has 18 heavy (non-hydrogen) atoms. The van der Waals surface area contributed by atoms with E-state index in [2.05, 4.69) is 0 Å². The largest absolute Gasteiger partial charge is 0.493 e. The topological polar surface area (TPSA) is 66.5 Å². The maximum Gasteiger partial charge on any atom is 0.297 e. The zero-order chi connectivity index (χ0) is 13.1. The van der Waals surface area contributed by atoms with Gasteiger partial charge in [-0.2, -0.15) is 0 Å². The second kappa shape index (κ2) is 4.79. The summed E-state index contributed by atoms with van der Waals surface area (Å²) < 4.78 is 11.9. The first kappa shape index (κ1) is 12.0. The molecule has 2 rings (SSSR count). The maximum atomic E-state index is 11.1. The van der Waals surface area contributed by atoms with Gasteiger partial charge in [0, 0.05) is 18.5 Å². The number of methoxy groups -OCH3 is 2. The molecule has 0 bridgehead atoms. The van der Waals surface area contributed by atoms with Crippen LogP contribution >= 0.6 is 0 Å². The Morgan fingerprint density at radius 2 is 1.67 bits per heavy atom. The van der Waals surface area contributed by atoms with Crippen molar-refractivity contribution in [3.05, 3.63) is 46.8 Å². The predicted octanol–water partition coefficient (Wildman–Crippen LogP) is 2.40. The SMILES string of the molecule is COc1cc(-n2cccc2)c([N+](=O)[O-])cc1OC. The van der Waals surface area contributed by atoms with Crippen molar-refractivity contribution >= 4 is 5.69 Å². The molecule has 2 aromatic rings. The smallest absolute Gasteiger partial charge is 0.297 e. The molecule has 6 nitrogen and oxygen atoms in total. The van der Waals surface area contributed by atoms with Gasteiger partial charge in [-0.25, -0.2) is 0 Å². The standard InChI is InChI=1S/C12H12N2O4/c1-17-11-7-9(13-5-3-4-6-13)10(14(15)16)8-12(11)18-2/h3-8H,1-2H3. The number of nitrogens with zero attached hydrogens (tertiary/aromatic N) is 2. The van der Waals surface area contributed by atoms with Crippen molar-refractivity contribution in [3.8, 4) is 17.2 Å². The van der Waals surface area contributed by atoms with E-state index >= 15 is 0 Å². The Kier molecular flexibility index (Phi) is 3.18. The molecule has 0 aliphatic rings. The Morgan fingerprint density at radius 3 is 2.17 bits per heavy atom. The van der Waals surface area contributed by atoms with E-state index in [0.29, 0.717) is 17.2 Å². The van der Waals surface area contributed by atoms with E-state index in [9.17, 15) is 10.1 Å². The Bertz CT molecular complexity index is 564. The summed E-state index contributed by atoms with van der Waals surface area (Å²) in [7, 11) is 2.93. The highest BCUT2D eigenvalue weighted by molar-refractivity contribution is 5.62. The molecule has 0 atom stereocenters. The third-order valence-corrected chi connectivity index (χ3v) is 2.56. The zero-order valence-corrected chi connectivity index (χ0v) is 9.99. The Hall–Kier alpha value is -2.50. The normalized spacial score (nSPS) is 10.1. The van der Waals surface area contributed by atoms with Crippen molar-refractivity contribution in [2.24, 2.45) is 0 Å². The first-order valence-corrected chi connectivity index (χ1v) is 5.21. The summed E-state index contributed by atoms with van der Waals surface area (Å²) in [5, 5.41) is 11.1. The molecule has 0 unspecified atom stereocenters. The molecule has 1 heterocycles. The van der Waals surface area contributed by atoms with Crippen LogP contribution in [0.2, 0.25) is 0 Å². The van der Waals surface area contributed by atoms with Gasteiger partial charge < -0.3 is 14.0 Å². The van der Waals surface area contributed by atoms with Crippen molar-refractivity contribution in [1.29, 1.82) is 0 Å². The minimum absolute atomic E-state index is 0.0381. The molecule has 0 aliphatic heterocycles. The highest BCUT2D eigenvalue weighted by Crippen LogP contribution is 2.36. The van der Waals surface area contributed by atoms with Crippen LogP contribution in [0.3, 0.4) is 0 Å². The molecule has 0 fully saturated rings. The van der Waals surface area contributed by atoms with Crippen molar-refractivity contribution in [1.82, 2.24) is 4.57 Å². The van der Waals surface area contributed by atoms with Gasteiger partial charge in [0.1, 0.15) is 5.69 Å². The highest BCUT2D eigenvalue weighted by atomic mass is 16.6. The van der Waals surface area contributed by atoms with E-state index in [0.717, 1.165) is 0 Å². The number of rotatable bonds is 4. The molecule has 0 saturated heterocycles. The molecule has 0 saturated carbocycles. The number of benzene rings is 1. The summed E-state index contributed by atoms with van der Waals surface area (Å²) in [6.07, 6.45) is 3.46. The van der Waals surface area contributed by atoms with E-state index in [4.69, 9.17) is 9.47 Å². The first-order valence-electron chi connectivity index (χ1n) is 5.21. The van der Waals surface area contributed by atoms with E-state index in [1.807, 2.05) is 0 Å². The Balaban J connectivity index is 2.66. The monoisotopic (exact) mass is 248 g/mol. The molecule has 0 N–H and O–H groups in total. The summed E-state index contributed by atoms with van der Waals surface area (Å²) in [6, 6.07) is 6.52. The molecule has 1 aromatic heterocycles. The fraction of sp³-hybridized carbons (Fsp3) is 0.167. The average molecular weight is 248 g/mol. The van der Waals surface area contributed by atoms with Crippen molar-refractivity contribution in [2.45, 2.75) is 0 Å². The molecule has 1 aromatic carbocycles. The lowest BCUT2D eigenvalue weighted by Crippen LogP contribution is -2.01. The van der Waals surface area contributed by atoms with E-state index < -0.39 is 4.92 Å². The third-order valence-electron chi connectivity index (χ3n) is 2.56. The van der Waals surface area contributed by atoms with Gasteiger partial charge in [-0.05, 0) is 12.1 Å². The summed E-state index contributed by atoms with van der Waals surface area (Å²) in [4.78, 5) is 10.6. The molecule has 6 heteroatoms. The van der Waals surface area contributed by atoms with Crippen molar-refractivity contribution in [2.75, 3.05) is 14.2 Å². The first-order chi connectivity index (χ1) is 8.67. The molecular weight excluding hydrogens is 236 g/mol. The minimum Gasteiger partial charge on any atom is -0.493 e. The number of aromatic nitrogens is 1. The number of nitro benzene ring substituents is 1. The van der Waals surface area contributed by atoms with Crippen LogP contribution in [-0.2, 0) is 0 Å². The molecular formula is C12H12N2O4. The lowest BCUT2D eigenvalue weighted by molar-refractivity contribution is -0.384. The predicted molar refractivity (Wildman–Crippen MR) is 65.5 cm³/mol. The summed E-state index contributed by atoms with van der Waals surface area (Å²) >= 11 is 0. The van der Waals surface area contributed by atoms with Crippen LogP contribution in [0.15, 0.2) is 36.7 Å². The Morgan fingerprint density at radius 1 is 1.11 bits per heavy atom. The second-order valence-electron chi connectivity index (χ2n) is 3.54. The van der Waals surface area contributed by atoms with Crippen LogP contribution in [0.25, 0.3) is 5.69 Å². The zero-order valence-electron chi connectivity index (χ0n) is 9.99. The van der Waals surface area contributed by atoms with Gasteiger partial charge in [-0.1, -0.05) is 0 Å². The second-order valence-corrected chi connectivity index (χ2v) is 3.54. The van der Waals surface area contributed by atoms with Gasteiger partial charge in [-0.3, -0.25) is 10.1 Å². The molecule has 0 aliphatic carbocycles. The van der Waals surface area contributed by atoms with Gasteiger partial charge in [-0.15, -0.1) is 0 Å². The van der Waals surface area contributed by atoms with E-state index in [-0.39, 0.29) is 5.69 Å². The van der Waals surface area contributed by atoms with Crippen LogP contribution in [0.1, 0.15) is 0 Å². The van der Waals surface area contributed by atoms with Crippen LogP contribution in [0.4, 0.5) is 5.69 Å². The highest BCUT2D eigenvalue weighted by Gasteiger charge is 2.20. The summed E-state index contributed by atoms with van der Waals surface area (Å²) in [6.45, 7) is 0. The number of ether oxygens (including phenoxy) is 2.